The Morgan fingerprint density at radius 2 is 1.97 bits per heavy atom. The molecule has 2 unspecified atom stereocenters. The van der Waals surface area contributed by atoms with Gasteiger partial charge in [-0.1, -0.05) is 30.3 Å². The molecule has 1 aromatic carbocycles. The standard InChI is InChI=1S/C28H27F2N7O/c1-17-11-36-15-20(7-22(29)26(36)33-17)34-27(38)23-9-32-24(10-31-23)35-12-18(13-35)14-37-16-28(30)8-21(28)25(37)19-5-3-2-4-6-19/h2-7,9-11,15,18,21,25H,8,12-14,16H2,1H3,(H,34,38)/t21?,25?,28-/m0/s1. The molecule has 10 heteroatoms. The maximum absolute atomic E-state index is 15.0. The van der Waals surface area contributed by atoms with Crippen molar-refractivity contribution in [1.29, 1.82) is 0 Å². The zero-order chi connectivity index (χ0) is 26.0. The van der Waals surface area contributed by atoms with Crippen LogP contribution in [0.5, 0.6) is 0 Å². The first kappa shape index (κ1) is 23.2. The molecule has 0 radical (unpaired) electrons. The minimum Gasteiger partial charge on any atom is -0.355 e. The molecule has 38 heavy (non-hydrogen) atoms. The van der Waals surface area contributed by atoms with Gasteiger partial charge in [0.25, 0.3) is 5.91 Å². The summed E-state index contributed by atoms with van der Waals surface area (Å²) in [5, 5.41) is 2.67. The number of hydrogen-bond acceptors (Lipinski definition) is 6. The van der Waals surface area contributed by atoms with Gasteiger partial charge in [0.2, 0.25) is 0 Å². The number of alkyl halides is 1. The van der Waals surface area contributed by atoms with Gasteiger partial charge in [0, 0.05) is 62.5 Å². The highest BCUT2D eigenvalue weighted by atomic mass is 19.1. The third-order valence-electron chi connectivity index (χ3n) is 7.97. The van der Waals surface area contributed by atoms with Gasteiger partial charge in [0.1, 0.15) is 17.2 Å². The van der Waals surface area contributed by atoms with E-state index in [1.54, 1.807) is 25.5 Å². The molecule has 3 aliphatic rings. The van der Waals surface area contributed by atoms with Gasteiger partial charge in [0.15, 0.2) is 11.5 Å². The zero-order valence-corrected chi connectivity index (χ0v) is 20.9. The van der Waals surface area contributed by atoms with Gasteiger partial charge in [0.05, 0.1) is 23.8 Å². The summed E-state index contributed by atoms with van der Waals surface area (Å²) in [7, 11) is 0. The van der Waals surface area contributed by atoms with Gasteiger partial charge in [-0.25, -0.2) is 23.7 Å². The second kappa shape index (κ2) is 8.56. The monoisotopic (exact) mass is 515 g/mol. The average molecular weight is 516 g/mol. The topological polar surface area (TPSA) is 78.7 Å². The van der Waals surface area contributed by atoms with Crippen molar-refractivity contribution in [1.82, 2.24) is 24.3 Å². The van der Waals surface area contributed by atoms with Crippen LogP contribution in [0.15, 0.2) is 61.2 Å². The Bertz CT molecular complexity index is 1520. The van der Waals surface area contributed by atoms with Gasteiger partial charge < -0.3 is 14.6 Å². The predicted octanol–water partition coefficient (Wildman–Crippen LogP) is 4.05. The summed E-state index contributed by atoms with van der Waals surface area (Å²) in [6.45, 7) is 4.76. The second-order valence-electron chi connectivity index (χ2n) is 10.8. The van der Waals surface area contributed by atoms with E-state index in [2.05, 4.69) is 42.2 Å². The Labute approximate surface area is 218 Å². The number of aromatic nitrogens is 4. The number of carbonyl (C=O) groups is 1. The molecule has 1 N–H and O–H groups in total. The molecule has 7 rings (SSSR count). The van der Waals surface area contributed by atoms with Crippen molar-refractivity contribution in [3.8, 4) is 0 Å². The lowest BCUT2D eigenvalue weighted by molar-refractivity contribution is 0.102. The van der Waals surface area contributed by atoms with Crippen molar-refractivity contribution in [2.24, 2.45) is 11.8 Å². The number of hydrogen-bond donors (Lipinski definition) is 1. The molecule has 0 bridgehead atoms. The summed E-state index contributed by atoms with van der Waals surface area (Å²) in [5.41, 5.74) is 1.51. The number of carbonyl (C=O) groups excluding carboxylic acids is 1. The number of halogens is 2. The fraction of sp³-hybridized carbons (Fsp3) is 0.357. The molecular formula is C28H27F2N7O. The number of amides is 1. The molecule has 5 heterocycles. The molecule has 2 saturated heterocycles. The number of imidazole rings is 1. The van der Waals surface area contributed by atoms with Crippen LogP contribution in [0.1, 0.15) is 34.2 Å². The van der Waals surface area contributed by atoms with Crippen LogP contribution in [-0.4, -0.2) is 62.0 Å². The number of nitrogens with zero attached hydrogens (tertiary/aromatic N) is 6. The van der Waals surface area contributed by atoms with Gasteiger partial charge in [-0.3, -0.25) is 9.69 Å². The molecule has 1 saturated carbocycles. The fourth-order valence-electron chi connectivity index (χ4n) is 6.09. The van der Waals surface area contributed by atoms with Crippen LogP contribution in [-0.2, 0) is 0 Å². The lowest BCUT2D eigenvalue weighted by Crippen LogP contribution is -2.52. The summed E-state index contributed by atoms with van der Waals surface area (Å²) in [4.78, 5) is 29.9. The molecule has 8 nitrogen and oxygen atoms in total. The number of nitrogens with one attached hydrogen (secondary N) is 1. The fourth-order valence-corrected chi connectivity index (χ4v) is 6.09. The predicted molar refractivity (Wildman–Crippen MR) is 138 cm³/mol. The second-order valence-corrected chi connectivity index (χ2v) is 10.8. The highest BCUT2D eigenvalue weighted by Crippen LogP contribution is 2.62. The number of benzene rings is 1. The van der Waals surface area contributed by atoms with Crippen LogP contribution in [0, 0.1) is 24.6 Å². The van der Waals surface area contributed by atoms with Crippen LogP contribution in [0.25, 0.3) is 5.65 Å². The highest BCUT2D eigenvalue weighted by molar-refractivity contribution is 6.02. The third kappa shape index (κ3) is 3.99. The van der Waals surface area contributed by atoms with Crippen molar-refractivity contribution < 1.29 is 13.6 Å². The molecule has 3 aromatic heterocycles. The molecule has 4 aromatic rings. The molecule has 1 amide bonds. The SMILES string of the molecule is Cc1cn2cc(NC(=O)c3cnc(N4CC(CN5C[C@@]6(F)CC6C5c5ccccc5)C4)cn3)cc(F)c2n1. The average Bonchev–Trinajstić information content (AvgIpc) is 3.22. The maximum atomic E-state index is 15.0. The number of aryl methyl sites for hydroxylation is 1. The lowest BCUT2D eigenvalue weighted by atomic mass is 9.97. The first-order valence-corrected chi connectivity index (χ1v) is 12.9. The van der Waals surface area contributed by atoms with Crippen molar-refractivity contribution in [3.05, 3.63) is 84.0 Å². The number of pyridine rings is 1. The van der Waals surface area contributed by atoms with E-state index in [9.17, 15) is 13.6 Å². The number of piperidine rings is 1. The molecule has 194 valence electrons. The van der Waals surface area contributed by atoms with Gasteiger partial charge >= 0.3 is 0 Å². The van der Waals surface area contributed by atoms with E-state index in [0.717, 1.165) is 19.6 Å². The largest absolute Gasteiger partial charge is 0.355 e. The Morgan fingerprint density at radius 1 is 1.16 bits per heavy atom. The van der Waals surface area contributed by atoms with E-state index in [0.29, 0.717) is 36.1 Å². The van der Waals surface area contributed by atoms with Crippen molar-refractivity contribution in [3.63, 3.8) is 0 Å². The number of fused-ring (bicyclic) bond motifs is 2. The van der Waals surface area contributed by atoms with E-state index >= 15 is 0 Å². The van der Waals surface area contributed by atoms with Gasteiger partial charge in [-0.15, -0.1) is 0 Å². The molecule has 3 atom stereocenters. The molecule has 0 spiro atoms. The molecule has 3 fully saturated rings. The van der Waals surface area contributed by atoms with Crippen molar-refractivity contribution in [2.75, 3.05) is 36.4 Å². The van der Waals surface area contributed by atoms with Gasteiger partial charge in [-0.05, 0) is 18.9 Å². The van der Waals surface area contributed by atoms with E-state index < -0.39 is 17.4 Å². The number of likely N-dealkylation sites (tertiary alicyclic amines) is 1. The summed E-state index contributed by atoms with van der Waals surface area (Å²) in [6.07, 6.45) is 6.98. The van der Waals surface area contributed by atoms with Crippen LogP contribution < -0.4 is 10.2 Å². The van der Waals surface area contributed by atoms with E-state index in [1.807, 2.05) is 18.2 Å². The minimum atomic E-state index is -1.03. The quantitative estimate of drug-likeness (QED) is 0.418. The third-order valence-corrected chi connectivity index (χ3v) is 7.97. The smallest absolute Gasteiger partial charge is 0.275 e. The van der Waals surface area contributed by atoms with Crippen LogP contribution >= 0.6 is 0 Å². The Hall–Kier alpha value is -3.92. The molecule has 2 aliphatic heterocycles. The van der Waals surface area contributed by atoms with Gasteiger partial charge in [-0.2, -0.15) is 0 Å². The summed E-state index contributed by atoms with van der Waals surface area (Å²) >= 11 is 0. The van der Waals surface area contributed by atoms with E-state index in [4.69, 9.17) is 0 Å². The molecule has 1 aliphatic carbocycles. The van der Waals surface area contributed by atoms with E-state index in [1.165, 1.54) is 22.2 Å². The van der Waals surface area contributed by atoms with Crippen molar-refractivity contribution in [2.45, 2.75) is 25.1 Å². The highest BCUT2D eigenvalue weighted by Gasteiger charge is 2.66. The van der Waals surface area contributed by atoms with Crippen LogP contribution in [0.4, 0.5) is 20.3 Å². The van der Waals surface area contributed by atoms with Crippen molar-refractivity contribution >= 4 is 23.1 Å². The first-order valence-electron chi connectivity index (χ1n) is 12.9. The Balaban J connectivity index is 0.964. The summed E-state index contributed by atoms with van der Waals surface area (Å²) in [6, 6.07) is 11.7. The molecular weight excluding hydrogens is 488 g/mol. The normalized spacial score (nSPS) is 24.9. The van der Waals surface area contributed by atoms with Crippen LogP contribution in [0.3, 0.4) is 0 Å². The first-order chi connectivity index (χ1) is 18.4. The van der Waals surface area contributed by atoms with E-state index in [-0.39, 0.29) is 23.3 Å². The summed E-state index contributed by atoms with van der Waals surface area (Å²) in [5.74, 6) is 0.232. The Morgan fingerprint density at radius 3 is 2.74 bits per heavy atom. The zero-order valence-electron chi connectivity index (χ0n) is 20.9. The maximum Gasteiger partial charge on any atom is 0.275 e. The Kier molecular flexibility index (Phi) is 5.23. The minimum absolute atomic E-state index is 0.105. The van der Waals surface area contributed by atoms with Crippen LogP contribution in [0.2, 0.25) is 0 Å². The number of anilines is 2. The summed E-state index contributed by atoms with van der Waals surface area (Å²) < 4.78 is 30.8. The number of rotatable bonds is 6. The lowest BCUT2D eigenvalue weighted by Gasteiger charge is -2.43.